The number of hydrogen-bond acceptors (Lipinski definition) is 1. The van der Waals surface area contributed by atoms with Crippen LogP contribution in [-0.2, 0) is 0 Å². The molecular formula is C13H23N. The average Bonchev–Trinajstić information content (AvgIpc) is 2.01. The van der Waals surface area contributed by atoms with Crippen LogP contribution in [0.25, 0.3) is 0 Å². The molecule has 1 atom stereocenters. The summed E-state index contributed by atoms with van der Waals surface area (Å²) in [6, 6.07) is 0. The lowest BCUT2D eigenvalue weighted by molar-refractivity contribution is 0.332. The fourth-order valence-electron chi connectivity index (χ4n) is 1.71. The van der Waals surface area contributed by atoms with E-state index >= 15 is 0 Å². The molecule has 0 spiro atoms. The summed E-state index contributed by atoms with van der Waals surface area (Å²) >= 11 is 0. The number of rotatable bonds is 4. The molecule has 14 heavy (non-hydrogen) atoms. The summed E-state index contributed by atoms with van der Waals surface area (Å²) in [5, 5.41) is 7.10. The normalized spacial score (nSPS) is 15.9. The Labute approximate surface area is 88.4 Å². The highest BCUT2D eigenvalue weighted by molar-refractivity contribution is 5.70. The van der Waals surface area contributed by atoms with Gasteiger partial charge in [0.25, 0.3) is 0 Å². The highest BCUT2D eigenvalue weighted by atomic mass is 14.3. The van der Waals surface area contributed by atoms with E-state index < -0.39 is 0 Å². The topological polar surface area (TPSA) is 23.9 Å². The maximum Gasteiger partial charge on any atom is 0.0180 e. The third-order valence-electron chi connectivity index (χ3n) is 2.12. The second-order valence-electron chi connectivity index (χ2n) is 5.00. The Bertz CT molecular complexity index is 228. The molecule has 1 N–H and O–H groups in total. The van der Waals surface area contributed by atoms with Gasteiger partial charge in [-0.25, -0.2) is 0 Å². The van der Waals surface area contributed by atoms with Crippen LogP contribution in [0.1, 0.15) is 41.0 Å². The van der Waals surface area contributed by atoms with E-state index in [2.05, 4.69) is 33.8 Å². The minimum Gasteiger partial charge on any atom is -0.309 e. The van der Waals surface area contributed by atoms with Crippen LogP contribution in [0, 0.1) is 16.7 Å². The predicted molar refractivity (Wildman–Crippen MR) is 64.9 cm³/mol. The first-order chi connectivity index (χ1) is 6.40. The minimum atomic E-state index is 0.349. The van der Waals surface area contributed by atoms with Crippen molar-refractivity contribution in [1.29, 1.82) is 5.41 Å². The third-order valence-corrected chi connectivity index (χ3v) is 2.12. The van der Waals surface area contributed by atoms with Crippen LogP contribution in [0.5, 0.6) is 0 Å². The van der Waals surface area contributed by atoms with Crippen LogP contribution in [-0.4, -0.2) is 6.21 Å². The summed E-state index contributed by atoms with van der Waals surface area (Å²) in [6.07, 6.45) is 8.54. The van der Waals surface area contributed by atoms with E-state index in [1.807, 2.05) is 19.1 Å². The van der Waals surface area contributed by atoms with Crippen molar-refractivity contribution in [2.45, 2.75) is 41.0 Å². The molecule has 0 aliphatic heterocycles. The molecule has 1 nitrogen and oxygen atoms in total. The van der Waals surface area contributed by atoms with Crippen LogP contribution in [0.3, 0.4) is 0 Å². The van der Waals surface area contributed by atoms with E-state index in [0.717, 1.165) is 6.42 Å². The van der Waals surface area contributed by atoms with E-state index in [0.29, 0.717) is 11.3 Å². The van der Waals surface area contributed by atoms with E-state index in [1.165, 1.54) is 11.8 Å². The molecule has 0 saturated carbocycles. The van der Waals surface area contributed by atoms with E-state index in [1.54, 1.807) is 0 Å². The maximum atomic E-state index is 7.10. The lowest BCUT2D eigenvalue weighted by atomic mass is 9.82. The molecule has 0 bridgehead atoms. The molecule has 0 aromatic heterocycles. The van der Waals surface area contributed by atoms with Crippen molar-refractivity contribution >= 4 is 6.21 Å². The first-order valence-corrected chi connectivity index (χ1v) is 5.24. The molecule has 0 radical (unpaired) electrons. The first kappa shape index (κ1) is 13.2. The van der Waals surface area contributed by atoms with Gasteiger partial charge in [-0.15, -0.1) is 0 Å². The van der Waals surface area contributed by atoms with Crippen LogP contribution in [0.4, 0.5) is 0 Å². The lowest BCUT2D eigenvalue weighted by Gasteiger charge is -2.23. The van der Waals surface area contributed by atoms with Gasteiger partial charge in [-0.05, 0) is 36.3 Å². The summed E-state index contributed by atoms with van der Waals surface area (Å²) in [5.41, 5.74) is 1.60. The number of hydrogen-bond donors (Lipinski definition) is 1. The van der Waals surface area contributed by atoms with Crippen LogP contribution < -0.4 is 0 Å². The zero-order valence-electron chi connectivity index (χ0n) is 10.1. The van der Waals surface area contributed by atoms with Crippen molar-refractivity contribution in [2.75, 3.05) is 0 Å². The van der Waals surface area contributed by atoms with E-state index in [9.17, 15) is 0 Å². The number of nitrogens with one attached hydrogen (secondary N) is 1. The largest absolute Gasteiger partial charge is 0.309 e. The van der Waals surface area contributed by atoms with Gasteiger partial charge in [-0.1, -0.05) is 39.8 Å². The zero-order valence-corrected chi connectivity index (χ0v) is 10.1. The molecule has 0 rings (SSSR count). The molecule has 0 heterocycles. The Balaban J connectivity index is 4.53. The molecule has 80 valence electrons. The monoisotopic (exact) mass is 193 g/mol. The van der Waals surface area contributed by atoms with Crippen LogP contribution in [0.15, 0.2) is 23.8 Å². The average molecular weight is 193 g/mol. The maximum absolute atomic E-state index is 7.10. The van der Waals surface area contributed by atoms with Gasteiger partial charge in [-0.2, -0.15) is 0 Å². The molecule has 0 saturated heterocycles. The van der Waals surface area contributed by atoms with Gasteiger partial charge < -0.3 is 5.41 Å². The van der Waals surface area contributed by atoms with Gasteiger partial charge in [0, 0.05) is 6.21 Å². The molecule has 1 unspecified atom stereocenters. The Morgan fingerprint density at radius 1 is 1.36 bits per heavy atom. The van der Waals surface area contributed by atoms with Gasteiger partial charge in [0.1, 0.15) is 0 Å². The summed E-state index contributed by atoms with van der Waals surface area (Å²) in [7, 11) is 0. The summed E-state index contributed by atoms with van der Waals surface area (Å²) < 4.78 is 0. The Morgan fingerprint density at radius 3 is 2.29 bits per heavy atom. The highest BCUT2D eigenvalue weighted by Crippen LogP contribution is 2.28. The Morgan fingerprint density at radius 2 is 1.93 bits per heavy atom. The van der Waals surface area contributed by atoms with Gasteiger partial charge in [-0.3, -0.25) is 0 Å². The standard InChI is InChI=1S/C13H23N/c1-6-7-12(8-9-14)11(2)10-13(3,4)5/h6-9,11,14H,10H2,1-5H3/b7-6-,12-8+,14-9?. The molecule has 0 aliphatic rings. The second-order valence-corrected chi connectivity index (χ2v) is 5.00. The second kappa shape index (κ2) is 5.79. The van der Waals surface area contributed by atoms with Crippen molar-refractivity contribution in [3.05, 3.63) is 23.8 Å². The van der Waals surface area contributed by atoms with Crippen molar-refractivity contribution in [1.82, 2.24) is 0 Å². The van der Waals surface area contributed by atoms with Crippen molar-refractivity contribution in [3.63, 3.8) is 0 Å². The third kappa shape index (κ3) is 5.74. The van der Waals surface area contributed by atoms with Crippen molar-refractivity contribution in [3.8, 4) is 0 Å². The molecule has 0 amide bonds. The highest BCUT2D eigenvalue weighted by Gasteiger charge is 2.16. The summed E-state index contributed by atoms with van der Waals surface area (Å²) in [4.78, 5) is 0. The molecule has 0 fully saturated rings. The van der Waals surface area contributed by atoms with Crippen LogP contribution >= 0.6 is 0 Å². The van der Waals surface area contributed by atoms with Crippen LogP contribution in [0.2, 0.25) is 0 Å². The first-order valence-electron chi connectivity index (χ1n) is 5.24. The Hall–Kier alpha value is -0.850. The summed E-state index contributed by atoms with van der Waals surface area (Å²) in [5.74, 6) is 0.521. The van der Waals surface area contributed by atoms with Gasteiger partial charge in [0.15, 0.2) is 0 Å². The molecule has 0 aromatic rings. The summed E-state index contributed by atoms with van der Waals surface area (Å²) in [6.45, 7) is 11.0. The fraction of sp³-hybridized carbons (Fsp3) is 0.615. The lowest BCUT2D eigenvalue weighted by Crippen LogP contribution is -2.12. The SMILES string of the molecule is C/C=C\C(=C/C=N)C(C)CC(C)(C)C. The molecular weight excluding hydrogens is 170 g/mol. The smallest absolute Gasteiger partial charge is 0.0180 e. The predicted octanol–water partition coefficient (Wildman–Crippen LogP) is 4.21. The molecule has 0 aromatic carbocycles. The van der Waals surface area contributed by atoms with E-state index in [-0.39, 0.29) is 0 Å². The Kier molecular flexibility index (Phi) is 5.44. The zero-order chi connectivity index (χ0) is 11.2. The number of allylic oxidation sites excluding steroid dienone is 4. The van der Waals surface area contributed by atoms with Gasteiger partial charge in [0.2, 0.25) is 0 Å². The van der Waals surface area contributed by atoms with Crippen molar-refractivity contribution < 1.29 is 0 Å². The quantitative estimate of drug-likeness (QED) is 0.511. The van der Waals surface area contributed by atoms with Crippen molar-refractivity contribution in [2.24, 2.45) is 11.3 Å². The molecule has 1 heteroatoms. The molecule has 0 aliphatic carbocycles. The van der Waals surface area contributed by atoms with Gasteiger partial charge in [0.05, 0.1) is 0 Å². The fourth-order valence-corrected chi connectivity index (χ4v) is 1.71. The van der Waals surface area contributed by atoms with E-state index in [4.69, 9.17) is 5.41 Å². The minimum absolute atomic E-state index is 0.349. The van der Waals surface area contributed by atoms with Gasteiger partial charge >= 0.3 is 0 Å².